The van der Waals surface area contributed by atoms with E-state index in [1.54, 1.807) is 0 Å². The van der Waals surface area contributed by atoms with E-state index < -0.39 is 18.5 Å². The van der Waals surface area contributed by atoms with Crippen LogP contribution in [0.5, 0.6) is 0 Å². The zero-order chi connectivity index (χ0) is 17.4. The molecule has 1 aliphatic heterocycles. The summed E-state index contributed by atoms with van der Waals surface area (Å²) in [6.07, 6.45) is 3.27. The molecule has 1 aliphatic carbocycles. The number of nitrogens with one attached hydrogen (secondary N) is 2. The lowest BCUT2D eigenvalue weighted by Crippen LogP contribution is -2.48. The Morgan fingerprint density at radius 2 is 2.12 bits per heavy atom. The van der Waals surface area contributed by atoms with Crippen LogP contribution in [0.25, 0.3) is 0 Å². The van der Waals surface area contributed by atoms with Crippen molar-refractivity contribution in [3.63, 3.8) is 0 Å². The SMILES string of the molecule is C=CCOC(=O)NCC(OC1CCCC(CO)O1)C(=O)NC1CC1. The smallest absolute Gasteiger partial charge is 0.407 e. The molecular formula is C16H26N2O6. The van der Waals surface area contributed by atoms with Crippen molar-refractivity contribution in [2.24, 2.45) is 0 Å². The quantitative estimate of drug-likeness (QED) is 0.525. The molecule has 2 aliphatic rings. The van der Waals surface area contributed by atoms with Gasteiger partial charge in [0.2, 0.25) is 0 Å². The molecule has 0 bridgehead atoms. The highest BCUT2D eigenvalue weighted by atomic mass is 16.7. The lowest BCUT2D eigenvalue weighted by molar-refractivity contribution is -0.219. The molecular weight excluding hydrogens is 316 g/mol. The van der Waals surface area contributed by atoms with E-state index in [0.717, 1.165) is 25.7 Å². The summed E-state index contributed by atoms with van der Waals surface area (Å²) in [5.74, 6) is -0.281. The second-order valence-corrected chi connectivity index (χ2v) is 5.98. The van der Waals surface area contributed by atoms with Gasteiger partial charge in [-0.3, -0.25) is 4.79 Å². The Bertz CT molecular complexity index is 440. The Morgan fingerprint density at radius 3 is 2.79 bits per heavy atom. The van der Waals surface area contributed by atoms with E-state index in [-0.39, 0.29) is 37.8 Å². The second kappa shape index (κ2) is 9.61. The molecule has 3 unspecified atom stereocenters. The molecule has 8 nitrogen and oxygen atoms in total. The predicted molar refractivity (Wildman–Crippen MR) is 85.2 cm³/mol. The number of hydrogen-bond acceptors (Lipinski definition) is 6. The number of rotatable bonds is 9. The van der Waals surface area contributed by atoms with Gasteiger partial charge >= 0.3 is 6.09 Å². The standard InChI is InChI=1S/C16H26N2O6/c1-2-8-22-16(21)17-9-13(15(20)18-11-6-7-11)24-14-5-3-4-12(10-19)23-14/h2,11-14,19H,1,3-10H2,(H,17,21)(H,18,20). The molecule has 3 N–H and O–H groups in total. The highest BCUT2D eigenvalue weighted by molar-refractivity contribution is 5.82. The van der Waals surface area contributed by atoms with E-state index in [1.807, 2.05) is 0 Å². The van der Waals surface area contributed by atoms with Gasteiger partial charge in [0.05, 0.1) is 19.3 Å². The van der Waals surface area contributed by atoms with Crippen molar-refractivity contribution in [3.05, 3.63) is 12.7 Å². The molecule has 0 radical (unpaired) electrons. The van der Waals surface area contributed by atoms with Crippen LogP contribution >= 0.6 is 0 Å². The van der Waals surface area contributed by atoms with Crippen molar-refractivity contribution in [2.45, 2.75) is 56.6 Å². The van der Waals surface area contributed by atoms with Crippen molar-refractivity contribution in [2.75, 3.05) is 19.8 Å². The van der Waals surface area contributed by atoms with Crippen LogP contribution in [0.3, 0.4) is 0 Å². The number of alkyl carbamates (subject to hydrolysis) is 1. The fraction of sp³-hybridized carbons (Fsp3) is 0.750. The summed E-state index contributed by atoms with van der Waals surface area (Å²) in [5.41, 5.74) is 0. The molecule has 0 aromatic heterocycles. The molecule has 0 aromatic carbocycles. The number of ether oxygens (including phenoxy) is 3. The van der Waals surface area contributed by atoms with Crippen LogP contribution in [-0.2, 0) is 19.0 Å². The topological polar surface area (TPSA) is 106 Å². The van der Waals surface area contributed by atoms with Gasteiger partial charge in [-0.1, -0.05) is 12.7 Å². The van der Waals surface area contributed by atoms with Crippen LogP contribution in [-0.4, -0.2) is 61.4 Å². The first-order valence-electron chi connectivity index (χ1n) is 8.36. The van der Waals surface area contributed by atoms with Gasteiger partial charge in [0, 0.05) is 6.04 Å². The van der Waals surface area contributed by atoms with Crippen molar-refractivity contribution in [3.8, 4) is 0 Å². The fourth-order valence-electron chi connectivity index (χ4n) is 2.37. The van der Waals surface area contributed by atoms with Gasteiger partial charge in [0.1, 0.15) is 6.61 Å². The summed E-state index contributed by atoms with van der Waals surface area (Å²) >= 11 is 0. The number of carbonyl (C=O) groups excluding carboxylic acids is 2. The number of aliphatic hydroxyl groups excluding tert-OH is 1. The molecule has 1 saturated carbocycles. The Hall–Kier alpha value is -1.64. The Labute approximate surface area is 141 Å². The van der Waals surface area contributed by atoms with E-state index in [9.17, 15) is 14.7 Å². The van der Waals surface area contributed by atoms with Gasteiger partial charge in [-0.15, -0.1) is 0 Å². The molecule has 24 heavy (non-hydrogen) atoms. The third-order valence-electron chi connectivity index (χ3n) is 3.81. The van der Waals surface area contributed by atoms with Crippen molar-refractivity contribution >= 4 is 12.0 Å². The van der Waals surface area contributed by atoms with Gasteiger partial charge in [-0.25, -0.2) is 4.79 Å². The number of carbonyl (C=O) groups is 2. The third kappa shape index (κ3) is 6.46. The molecule has 0 aromatic rings. The minimum atomic E-state index is -0.871. The lowest BCUT2D eigenvalue weighted by Gasteiger charge is -2.31. The number of amides is 2. The summed E-state index contributed by atoms with van der Waals surface area (Å²) in [6.45, 7) is 3.46. The van der Waals surface area contributed by atoms with Crippen LogP contribution in [0.15, 0.2) is 12.7 Å². The van der Waals surface area contributed by atoms with E-state index in [4.69, 9.17) is 14.2 Å². The maximum absolute atomic E-state index is 12.3. The van der Waals surface area contributed by atoms with Gasteiger partial charge < -0.3 is 30.0 Å². The maximum Gasteiger partial charge on any atom is 0.407 e. The summed E-state index contributed by atoms with van der Waals surface area (Å²) in [6, 6.07) is 0.189. The third-order valence-corrected chi connectivity index (χ3v) is 3.81. The lowest BCUT2D eigenvalue weighted by atomic mass is 10.1. The van der Waals surface area contributed by atoms with Gasteiger partial charge in [0.15, 0.2) is 12.4 Å². The molecule has 3 atom stereocenters. The minimum absolute atomic E-state index is 0.0157. The Morgan fingerprint density at radius 1 is 1.33 bits per heavy atom. The van der Waals surface area contributed by atoms with Crippen LogP contribution < -0.4 is 10.6 Å². The monoisotopic (exact) mass is 342 g/mol. The summed E-state index contributed by atoms with van der Waals surface area (Å²) in [7, 11) is 0. The van der Waals surface area contributed by atoms with Crippen LogP contribution in [0.4, 0.5) is 4.79 Å². The van der Waals surface area contributed by atoms with Crippen molar-refractivity contribution in [1.82, 2.24) is 10.6 Å². The minimum Gasteiger partial charge on any atom is -0.445 e. The van der Waals surface area contributed by atoms with Gasteiger partial charge in [-0.2, -0.15) is 0 Å². The average molecular weight is 342 g/mol. The summed E-state index contributed by atoms with van der Waals surface area (Å²) < 4.78 is 16.2. The normalized spacial score (nSPS) is 24.7. The number of hydrogen-bond donors (Lipinski definition) is 3. The van der Waals surface area contributed by atoms with Crippen LogP contribution in [0.2, 0.25) is 0 Å². The first-order chi connectivity index (χ1) is 11.6. The molecule has 2 fully saturated rings. The molecule has 1 heterocycles. The van der Waals surface area contributed by atoms with E-state index in [0.29, 0.717) is 6.42 Å². The van der Waals surface area contributed by atoms with Crippen molar-refractivity contribution < 1.29 is 28.9 Å². The number of aliphatic hydroxyl groups is 1. The van der Waals surface area contributed by atoms with Gasteiger partial charge in [-0.05, 0) is 32.1 Å². The Kier molecular flexibility index (Phi) is 7.48. The van der Waals surface area contributed by atoms with E-state index in [2.05, 4.69) is 17.2 Å². The molecule has 2 amide bonds. The molecule has 0 spiro atoms. The van der Waals surface area contributed by atoms with Crippen LogP contribution in [0, 0.1) is 0 Å². The molecule has 2 rings (SSSR count). The maximum atomic E-state index is 12.3. The zero-order valence-corrected chi connectivity index (χ0v) is 13.7. The van der Waals surface area contributed by atoms with Crippen LogP contribution in [0.1, 0.15) is 32.1 Å². The largest absolute Gasteiger partial charge is 0.445 e. The highest BCUT2D eigenvalue weighted by Crippen LogP contribution is 2.22. The second-order valence-electron chi connectivity index (χ2n) is 5.98. The first-order valence-corrected chi connectivity index (χ1v) is 8.36. The van der Waals surface area contributed by atoms with E-state index >= 15 is 0 Å². The van der Waals surface area contributed by atoms with E-state index in [1.165, 1.54) is 6.08 Å². The average Bonchev–Trinajstić information content (AvgIpc) is 3.40. The molecule has 1 saturated heterocycles. The highest BCUT2D eigenvalue weighted by Gasteiger charge is 2.32. The fourth-order valence-corrected chi connectivity index (χ4v) is 2.37. The van der Waals surface area contributed by atoms with Gasteiger partial charge in [0.25, 0.3) is 5.91 Å². The predicted octanol–water partition coefficient (Wildman–Crippen LogP) is 0.450. The molecule has 8 heteroatoms. The summed E-state index contributed by atoms with van der Waals surface area (Å²) in [4.78, 5) is 23.8. The summed E-state index contributed by atoms with van der Waals surface area (Å²) in [5, 5.41) is 14.6. The molecule has 136 valence electrons. The Balaban J connectivity index is 1.85. The zero-order valence-electron chi connectivity index (χ0n) is 13.7. The van der Waals surface area contributed by atoms with Crippen molar-refractivity contribution in [1.29, 1.82) is 0 Å². The first kappa shape index (κ1) is 18.7.